The van der Waals surface area contributed by atoms with Crippen LogP contribution < -0.4 is 4.90 Å². The molecule has 0 aromatic heterocycles. The summed E-state index contributed by atoms with van der Waals surface area (Å²) in [6, 6.07) is 4.05. The van der Waals surface area contributed by atoms with E-state index in [1.165, 1.54) is 25.1 Å². The van der Waals surface area contributed by atoms with Crippen LogP contribution in [0.5, 0.6) is 0 Å². The number of Topliss-reactive ketones (excluding diaryl/α,β-unsaturated/α-hetero) is 1. The minimum Gasteiger partial charge on any atom is -0.395 e. The van der Waals surface area contributed by atoms with E-state index in [0.717, 1.165) is 4.90 Å². The molecule has 0 saturated carbocycles. The average molecular weight is 296 g/mol. The van der Waals surface area contributed by atoms with Crippen molar-refractivity contribution >= 4 is 23.1 Å². The van der Waals surface area contributed by atoms with E-state index in [0.29, 0.717) is 0 Å². The summed E-state index contributed by atoms with van der Waals surface area (Å²) < 4.78 is 37.2. The van der Waals surface area contributed by atoms with Gasteiger partial charge in [0.15, 0.2) is 5.78 Å². The van der Waals surface area contributed by atoms with Crippen LogP contribution in [-0.4, -0.2) is 36.8 Å². The summed E-state index contributed by atoms with van der Waals surface area (Å²) in [7, 11) is 0. The summed E-state index contributed by atoms with van der Waals surface area (Å²) in [6.45, 7) is -0.456. The van der Waals surface area contributed by atoms with E-state index in [4.69, 9.17) is 16.7 Å². The van der Waals surface area contributed by atoms with Crippen molar-refractivity contribution in [2.24, 2.45) is 0 Å². The number of nitrogens with zero attached hydrogens (tertiary/aromatic N) is 1. The molecule has 3 nitrogen and oxygen atoms in total. The van der Waals surface area contributed by atoms with Crippen LogP contribution in [0.25, 0.3) is 0 Å². The number of anilines is 1. The Hall–Kier alpha value is -1.27. The number of alkyl halides is 3. The van der Waals surface area contributed by atoms with E-state index in [9.17, 15) is 18.0 Å². The Bertz CT molecular complexity index is 463. The number of carbonyl (C=O) groups is 1. The van der Waals surface area contributed by atoms with E-state index in [1.54, 1.807) is 0 Å². The van der Waals surface area contributed by atoms with Crippen LogP contribution in [-0.2, 0) is 0 Å². The molecule has 0 saturated heterocycles. The second-order valence-corrected chi connectivity index (χ2v) is 4.39. The van der Waals surface area contributed by atoms with Gasteiger partial charge in [0.1, 0.15) is 6.54 Å². The molecular formula is C12H13ClF3NO2. The fourth-order valence-corrected chi connectivity index (χ4v) is 1.93. The number of aliphatic hydroxyl groups is 1. The van der Waals surface area contributed by atoms with Gasteiger partial charge in [-0.25, -0.2) is 0 Å². The maximum Gasteiger partial charge on any atom is 0.405 e. The zero-order valence-corrected chi connectivity index (χ0v) is 10.9. The first kappa shape index (κ1) is 15.8. The molecule has 0 spiro atoms. The predicted molar refractivity (Wildman–Crippen MR) is 66.8 cm³/mol. The highest BCUT2D eigenvalue weighted by molar-refractivity contribution is 6.34. The van der Waals surface area contributed by atoms with E-state index >= 15 is 0 Å². The lowest BCUT2D eigenvalue weighted by Crippen LogP contribution is -2.36. The number of ketones is 1. The molecular weight excluding hydrogens is 283 g/mol. The molecule has 0 unspecified atom stereocenters. The number of halogens is 4. The van der Waals surface area contributed by atoms with Crippen molar-refractivity contribution in [3.8, 4) is 0 Å². The second-order valence-electron chi connectivity index (χ2n) is 3.98. The smallest absolute Gasteiger partial charge is 0.395 e. The molecule has 0 aliphatic carbocycles. The van der Waals surface area contributed by atoms with Crippen LogP contribution in [0, 0.1) is 0 Å². The van der Waals surface area contributed by atoms with Crippen LogP contribution in [0.2, 0.25) is 5.02 Å². The van der Waals surface area contributed by atoms with Crippen molar-refractivity contribution < 1.29 is 23.1 Å². The monoisotopic (exact) mass is 295 g/mol. The molecule has 7 heteroatoms. The number of benzene rings is 1. The van der Waals surface area contributed by atoms with Gasteiger partial charge in [0.2, 0.25) is 0 Å². The Morgan fingerprint density at radius 3 is 2.47 bits per heavy atom. The van der Waals surface area contributed by atoms with Gasteiger partial charge < -0.3 is 10.0 Å². The molecule has 0 bridgehead atoms. The van der Waals surface area contributed by atoms with Gasteiger partial charge >= 0.3 is 6.18 Å². The summed E-state index contributed by atoms with van der Waals surface area (Å²) in [5, 5.41) is 8.90. The van der Waals surface area contributed by atoms with Crippen molar-refractivity contribution in [1.29, 1.82) is 0 Å². The normalized spacial score (nSPS) is 11.5. The third-order valence-corrected chi connectivity index (χ3v) is 2.75. The lowest BCUT2D eigenvalue weighted by Gasteiger charge is -2.25. The maximum atomic E-state index is 12.4. The summed E-state index contributed by atoms with van der Waals surface area (Å²) in [5.41, 5.74) is 0.461. The standard InChI is InChI=1S/C12H13ClF3NO2/c1-8(19)10-3-2-9(6-11(10)13)17(4-5-18)7-12(14,15)16/h2-3,6,18H,4-5,7H2,1H3. The van der Waals surface area contributed by atoms with E-state index in [-0.39, 0.29) is 28.6 Å². The summed E-state index contributed by atoms with van der Waals surface area (Å²) in [5.74, 6) is -0.263. The Morgan fingerprint density at radius 1 is 1.42 bits per heavy atom. The van der Waals surface area contributed by atoms with Gasteiger partial charge in [-0.05, 0) is 25.1 Å². The summed E-state index contributed by atoms with van der Waals surface area (Å²) in [4.78, 5) is 12.1. The lowest BCUT2D eigenvalue weighted by atomic mass is 10.1. The highest BCUT2D eigenvalue weighted by Gasteiger charge is 2.31. The van der Waals surface area contributed by atoms with Gasteiger partial charge in [-0.3, -0.25) is 4.79 Å². The largest absolute Gasteiger partial charge is 0.405 e. The Labute approximate surface area is 113 Å². The van der Waals surface area contributed by atoms with Crippen molar-refractivity contribution in [2.75, 3.05) is 24.6 Å². The lowest BCUT2D eigenvalue weighted by molar-refractivity contribution is -0.119. The number of hydrogen-bond acceptors (Lipinski definition) is 3. The molecule has 19 heavy (non-hydrogen) atoms. The first-order valence-electron chi connectivity index (χ1n) is 5.47. The van der Waals surface area contributed by atoms with Crippen LogP contribution in [0.1, 0.15) is 17.3 Å². The number of hydrogen-bond donors (Lipinski definition) is 1. The molecule has 0 aliphatic rings. The molecule has 0 amide bonds. The molecule has 0 radical (unpaired) electrons. The predicted octanol–water partition coefficient (Wildman–Crippen LogP) is 2.90. The van der Waals surface area contributed by atoms with Gasteiger partial charge in [0.05, 0.1) is 11.6 Å². The third kappa shape index (κ3) is 4.72. The van der Waals surface area contributed by atoms with Gasteiger partial charge in [-0.15, -0.1) is 0 Å². The molecule has 0 fully saturated rings. The van der Waals surface area contributed by atoms with Crippen LogP contribution in [0.15, 0.2) is 18.2 Å². The minimum atomic E-state index is -4.39. The molecule has 1 rings (SSSR count). The van der Waals surface area contributed by atoms with Gasteiger partial charge in [0.25, 0.3) is 0 Å². The van der Waals surface area contributed by atoms with Crippen molar-refractivity contribution in [3.63, 3.8) is 0 Å². The third-order valence-electron chi connectivity index (χ3n) is 2.44. The van der Waals surface area contributed by atoms with Gasteiger partial charge in [-0.2, -0.15) is 13.2 Å². The first-order chi connectivity index (χ1) is 8.74. The van der Waals surface area contributed by atoms with Crippen molar-refractivity contribution in [3.05, 3.63) is 28.8 Å². The molecule has 1 aromatic rings. The number of aliphatic hydroxyl groups excluding tert-OH is 1. The van der Waals surface area contributed by atoms with E-state index in [1.807, 2.05) is 0 Å². The van der Waals surface area contributed by atoms with E-state index in [2.05, 4.69) is 0 Å². The van der Waals surface area contributed by atoms with Crippen molar-refractivity contribution in [2.45, 2.75) is 13.1 Å². The molecule has 1 aromatic carbocycles. The Morgan fingerprint density at radius 2 is 2.05 bits per heavy atom. The second kappa shape index (κ2) is 6.25. The summed E-state index contributed by atoms with van der Waals surface area (Å²) >= 11 is 5.85. The van der Waals surface area contributed by atoms with E-state index < -0.39 is 19.3 Å². The number of rotatable bonds is 5. The van der Waals surface area contributed by atoms with Crippen LogP contribution >= 0.6 is 11.6 Å². The average Bonchev–Trinajstić information content (AvgIpc) is 2.26. The molecule has 1 N–H and O–H groups in total. The molecule has 0 aliphatic heterocycles. The zero-order valence-electron chi connectivity index (χ0n) is 10.2. The highest BCUT2D eigenvalue weighted by Crippen LogP contribution is 2.26. The zero-order chi connectivity index (χ0) is 14.6. The quantitative estimate of drug-likeness (QED) is 0.849. The Kier molecular flexibility index (Phi) is 5.20. The summed E-state index contributed by atoms with van der Waals surface area (Å²) in [6.07, 6.45) is -4.39. The Balaban J connectivity index is 3.03. The topological polar surface area (TPSA) is 40.5 Å². The van der Waals surface area contributed by atoms with Gasteiger partial charge in [-0.1, -0.05) is 11.6 Å². The van der Waals surface area contributed by atoms with Gasteiger partial charge in [0, 0.05) is 17.8 Å². The highest BCUT2D eigenvalue weighted by atomic mass is 35.5. The minimum absolute atomic E-state index is 0.0927. The molecule has 0 heterocycles. The van der Waals surface area contributed by atoms with Crippen molar-refractivity contribution in [1.82, 2.24) is 0 Å². The maximum absolute atomic E-state index is 12.4. The van der Waals surface area contributed by atoms with Crippen LogP contribution in [0.3, 0.4) is 0 Å². The molecule has 106 valence electrons. The first-order valence-corrected chi connectivity index (χ1v) is 5.85. The fraction of sp³-hybridized carbons (Fsp3) is 0.417. The number of carbonyl (C=O) groups excluding carboxylic acids is 1. The molecule has 0 atom stereocenters. The SMILES string of the molecule is CC(=O)c1ccc(N(CCO)CC(F)(F)F)cc1Cl. The van der Waals surface area contributed by atoms with Crippen LogP contribution in [0.4, 0.5) is 18.9 Å². The fourth-order valence-electron chi connectivity index (χ4n) is 1.62.